The molecule has 84 valence electrons. The van der Waals surface area contributed by atoms with Gasteiger partial charge in [0.25, 0.3) is 0 Å². The van der Waals surface area contributed by atoms with Crippen LogP contribution in [0.2, 0.25) is 0 Å². The van der Waals surface area contributed by atoms with Crippen LogP contribution in [0.5, 0.6) is 0 Å². The number of hydrogen-bond acceptors (Lipinski definition) is 5. The molecule has 1 unspecified atom stereocenters. The van der Waals surface area contributed by atoms with E-state index in [9.17, 15) is 8.42 Å². The summed E-state index contributed by atoms with van der Waals surface area (Å²) in [6, 6.07) is 0.0618. The van der Waals surface area contributed by atoms with E-state index in [0.29, 0.717) is 18.7 Å². The van der Waals surface area contributed by atoms with Crippen molar-refractivity contribution in [2.24, 2.45) is 7.05 Å². The zero-order chi connectivity index (χ0) is 10.9. The minimum absolute atomic E-state index is 0.0618. The van der Waals surface area contributed by atoms with Crippen LogP contribution in [0.1, 0.15) is 12.2 Å². The topological polar surface area (TPSA) is 76.9 Å². The van der Waals surface area contributed by atoms with Crippen molar-refractivity contribution in [3.05, 3.63) is 12.2 Å². The molecular weight excluding hydrogens is 216 g/mol. The van der Waals surface area contributed by atoms with E-state index in [4.69, 9.17) is 0 Å². The number of nitrogens with one attached hydrogen (secondary N) is 1. The molecule has 1 aliphatic rings. The Morgan fingerprint density at radius 3 is 3.00 bits per heavy atom. The van der Waals surface area contributed by atoms with Crippen molar-refractivity contribution < 1.29 is 8.42 Å². The number of hydrogen-bond donors (Lipinski definition) is 1. The van der Waals surface area contributed by atoms with E-state index in [0.717, 1.165) is 5.82 Å². The maximum Gasteiger partial charge on any atom is 0.151 e. The molecule has 1 aromatic heterocycles. The van der Waals surface area contributed by atoms with Gasteiger partial charge in [-0.3, -0.25) is 4.68 Å². The van der Waals surface area contributed by atoms with Crippen LogP contribution in [0.15, 0.2) is 6.33 Å². The lowest BCUT2D eigenvalue weighted by atomic mass is 10.2. The molecule has 2 heterocycles. The van der Waals surface area contributed by atoms with Crippen LogP contribution in [0, 0.1) is 0 Å². The van der Waals surface area contributed by atoms with E-state index in [1.54, 1.807) is 4.68 Å². The highest BCUT2D eigenvalue weighted by molar-refractivity contribution is 7.91. The van der Waals surface area contributed by atoms with Crippen LogP contribution in [-0.4, -0.2) is 40.7 Å². The molecule has 0 bridgehead atoms. The van der Waals surface area contributed by atoms with Gasteiger partial charge in [-0.05, 0) is 6.42 Å². The number of nitrogens with zero attached hydrogens (tertiary/aromatic N) is 3. The van der Waals surface area contributed by atoms with Crippen LogP contribution in [0.4, 0.5) is 0 Å². The smallest absolute Gasteiger partial charge is 0.151 e. The molecule has 0 saturated carbocycles. The summed E-state index contributed by atoms with van der Waals surface area (Å²) in [6.45, 7) is 0.566. The Bertz CT molecular complexity index is 439. The Labute approximate surface area is 88.6 Å². The molecule has 0 aromatic carbocycles. The van der Waals surface area contributed by atoms with Crippen LogP contribution in [0.25, 0.3) is 0 Å². The molecule has 1 saturated heterocycles. The average Bonchev–Trinajstić information content (AvgIpc) is 2.69. The van der Waals surface area contributed by atoms with Crippen molar-refractivity contribution in [2.75, 3.05) is 11.5 Å². The second kappa shape index (κ2) is 3.90. The van der Waals surface area contributed by atoms with Gasteiger partial charge in [0, 0.05) is 13.1 Å². The van der Waals surface area contributed by atoms with Gasteiger partial charge in [0.1, 0.15) is 12.2 Å². The molecule has 1 aromatic rings. The third kappa shape index (κ3) is 2.54. The summed E-state index contributed by atoms with van der Waals surface area (Å²) in [5, 5.41) is 7.12. The standard InChI is InChI=1S/C8H14N4O2S/c1-12-8(10-6-11-12)4-9-7-2-3-15(13,14)5-7/h6-7,9H,2-5H2,1H3. The normalized spacial score (nSPS) is 24.5. The fraction of sp³-hybridized carbons (Fsp3) is 0.750. The van der Waals surface area contributed by atoms with E-state index in [2.05, 4.69) is 15.4 Å². The summed E-state index contributed by atoms with van der Waals surface area (Å²) in [4.78, 5) is 4.05. The minimum Gasteiger partial charge on any atom is -0.306 e. The molecular formula is C8H14N4O2S. The van der Waals surface area contributed by atoms with E-state index in [1.165, 1.54) is 6.33 Å². The van der Waals surface area contributed by atoms with Gasteiger partial charge in [0.2, 0.25) is 0 Å². The summed E-state index contributed by atoms with van der Waals surface area (Å²) < 4.78 is 24.1. The van der Waals surface area contributed by atoms with Crippen molar-refractivity contribution in [1.29, 1.82) is 0 Å². The Balaban J connectivity index is 1.88. The van der Waals surface area contributed by atoms with Gasteiger partial charge in [0.05, 0.1) is 18.1 Å². The molecule has 7 heteroatoms. The highest BCUT2D eigenvalue weighted by atomic mass is 32.2. The monoisotopic (exact) mass is 230 g/mol. The van der Waals surface area contributed by atoms with Crippen molar-refractivity contribution in [3.63, 3.8) is 0 Å². The highest BCUT2D eigenvalue weighted by Gasteiger charge is 2.27. The fourth-order valence-corrected chi connectivity index (χ4v) is 3.38. The van der Waals surface area contributed by atoms with Crippen LogP contribution in [-0.2, 0) is 23.4 Å². The summed E-state index contributed by atoms with van der Waals surface area (Å²) in [6.07, 6.45) is 2.18. The minimum atomic E-state index is -2.80. The molecule has 0 aliphatic carbocycles. The maximum atomic E-state index is 11.2. The summed E-state index contributed by atoms with van der Waals surface area (Å²) in [7, 11) is -0.987. The first kappa shape index (κ1) is 10.6. The molecule has 0 amide bonds. The zero-order valence-electron chi connectivity index (χ0n) is 8.55. The van der Waals surface area contributed by atoms with Crippen LogP contribution in [0.3, 0.4) is 0 Å². The average molecular weight is 230 g/mol. The molecule has 0 radical (unpaired) electrons. The molecule has 2 rings (SSSR count). The second-order valence-electron chi connectivity index (χ2n) is 3.78. The van der Waals surface area contributed by atoms with Crippen molar-refractivity contribution >= 4 is 9.84 Å². The lowest BCUT2D eigenvalue weighted by molar-refractivity contribution is 0.527. The van der Waals surface area contributed by atoms with Gasteiger partial charge >= 0.3 is 0 Å². The largest absolute Gasteiger partial charge is 0.306 e. The van der Waals surface area contributed by atoms with Gasteiger partial charge in [-0.1, -0.05) is 0 Å². The number of sulfone groups is 1. The quantitative estimate of drug-likeness (QED) is 0.727. The van der Waals surface area contributed by atoms with E-state index < -0.39 is 9.84 Å². The van der Waals surface area contributed by atoms with Crippen molar-refractivity contribution in [1.82, 2.24) is 20.1 Å². The Morgan fingerprint density at radius 2 is 2.47 bits per heavy atom. The number of aryl methyl sites for hydroxylation is 1. The highest BCUT2D eigenvalue weighted by Crippen LogP contribution is 2.11. The molecule has 1 aliphatic heterocycles. The molecule has 6 nitrogen and oxygen atoms in total. The lowest BCUT2D eigenvalue weighted by Gasteiger charge is -2.09. The van der Waals surface area contributed by atoms with Gasteiger partial charge in [-0.15, -0.1) is 0 Å². The van der Waals surface area contributed by atoms with Crippen molar-refractivity contribution in [2.45, 2.75) is 19.0 Å². The van der Waals surface area contributed by atoms with Gasteiger partial charge in [-0.25, -0.2) is 13.4 Å². The van der Waals surface area contributed by atoms with Gasteiger partial charge in [0.15, 0.2) is 9.84 Å². The molecule has 0 spiro atoms. The summed E-state index contributed by atoms with van der Waals surface area (Å²) in [5.41, 5.74) is 0. The lowest BCUT2D eigenvalue weighted by Crippen LogP contribution is -2.30. The Hall–Kier alpha value is -0.950. The van der Waals surface area contributed by atoms with Gasteiger partial charge < -0.3 is 5.32 Å². The second-order valence-corrected chi connectivity index (χ2v) is 6.01. The zero-order valence-corrected chi connectivity index (χ0v) is 9.37. The Morgan fingerprint density at radius 1 is 1.67 bits per heavy atom. The number of aromatic nitrogens is 3. The molecule has 1 N–H and O–H groups in total. The first-order valence-corrected chi connectivity index (χ1v) is 6.66. The van der Waals surface area contributed by atoms with E-state index >= 15 is 0 Å². The van der Waals surface area contributed by atoms with Crippen molar-refractivity contribution in [3.8, 4) is 0 Å². The van der Waals surface area contributed by atoms with E-state index in [-0.39, 0.29) is 11.8 Å². The summed E-state index contributed by atoms with van der Waals surface area (Å²) >= 11 is 0. The maximum absolute atomic E-state index is 11.2. The SMILES string of the molecule is Cn1ncnc1CNC1CCS(=O)(=O)C1. The fourth-order valence-electron chi connectivity index (χ4n) is 1.67. The Kier molecular flexibility index (Phi) is 2.74. The molecule has 1 atom stereocenters. The predicted octanol–water partition coefficient (Wildman–Crippen LogP) is -0.908. The predicted molar refractivity (Wildman–Crippen MR) is 54.9 cm³/mol. The van der Waals surface area contributed by atoms with Crippen LogP contribution < -0.4 is 5.32 Å². The molecule has 1 fully saturated rings. The van der Waals surface area contributed by atoms with Gasteiger partial charge in [-0.2, -0.15) is 5.10 Å². The van der Waals surface area contributed by atoms with Crippen LogP contribution >= 0.6 is 0 Å². The third-order valence-electron chi connectivity index (χ3n) is 2.59. The first-order chi connectivity index (χ1) is 7.07. The first-order valence-electron chi connectivity index (χ1n) is 4.83. The van der Waals surface area contributed by atoms with E-state index in [1.807, 2.05) is 7.05 Å². The molecule has 15 heavy (non-hydrogen) atoms. The summed E-state index contributed by atoms with van der Waals surface area (Å²) in [5.74, 6) is 1.35. The third-order valence-corrected chi connectivity index (χ3v) is 4.35. The number of rotatable bonds is 3.